The highest BCUT2D eigenvalue weighted by atomic mass is 35.7. The van der Waals surface area contributed by atoms with Gasteiger partial charge in [0.25, 0.3) is 9.05 Å². The van der Waals surface area contributed by atoms with Crippen LogP contribution in [0.4, 0.5) is 10.1 Å². The van der Waals surface area contributed by atoms with Crippen LogP contribution < -0.4 is 5.32 Å². The van der Waals surface area contributed by atoms with E-state index in [1.54, 1.807) is 0 Å². The van der Waals surface area contributed by atoms with E-state index in [1.165, 1.54) is 6.92 Å². The van der Waals surface area contributed by atoms with Crippen LogP contribution in [-0.2, 0) is 13.8 Å². The number of amides is 1. The van der Waals surface area contributed by atoms with Crippen LogP contribution in [0.1, 0.15) is 6.92 Å². The third-order valence-corrected chi connectivity index (χ3v) is 2.52. The van der Waals surface area contributed by atoms with E-state index < -0.39 is 25.9 Å². The Morgan fingerprint density at radius 2 is 2.13 bits per heavy atom. The lowest BCUT2D eigenvalue weighted by atomic mass is 10.4. The smallest absolute Gasteiger partial charge is 0.278 e. The summed E-state index contributed by atoms with van der Waals surface area (Å²) in [5.41, 5.74) is -0.0192. The Kier molecular flexibility index (Phi) is 3.25. The van der Waals surface area contributed by atoms with Gasteiger partial charge in [0.2, 0.25) is 11.9 Å². The van der Waals surface area contributed by atoms with Gasteiger partial charge in [-0.3, -0.25) is 4.79 Å². The summed E-state index contributed by atoms with van der Waals surface area (Å²) in [7, 11) is 0.856. The number of carbonyl (C=O) groups excluding carboxylic acids is 1. The number of halogens is 2. The van der Waals surface area contributed by atoms with Gasteiger partial charge in [-0.05, 0) is 0 Å². The number of nitrogens with one attached hydrogen (secondary N) is 1. The van der Waals surface area contributed by atoms with E-state index in [2.05, 4.69) is 10.3 Å². The molecule has 0 aliphatic heterocycles. The molecule has 1 heterocycles. The Hall–Kier alpha value is -1.21. The second-order valence-electron chi connectivity index (χ2n) is 2.64. The van der Waals surface area contributed by atoms with Gasteiger partial charge in [0, 0.05) is 35.4 Å². The Morgan fingerprint density at radius 3 is 2.60 bits per heavy atom. The Morgan fingerprint density at radius 1 is 1.53 bits per heavy atom. The SMILES string of the molecule is CC(=O)Nc1cc(F)nc(S(=O)(=O)Cl)c1. The monoisotopic (exact) mass is 252 g/mol. The zero-order chi connectivity index (χ0) is 11.6. The predicted octanol–water partition coefficient (Wildman–Crippen LogP) is 1.11. The molecular weight excluding hydrogens is 247 g/mol. The van der Waals surface area contributed by atoms with Crippen LogP contribution in [0.5, 0.6) is 0 Å². The van der Waals surface area contributed by atoms with E-state index in [4.69, 9.17) is 10.7 Å². The van der Waals surface area contributed by atoms with Crippen molar-refractivity contribution in [2.75, 3.05) is 5.32 Å². The standard InChI is InChI=1S/C7H6ClFN2O3S/c1-4(12)10-5-2-6(9)11-7(3-5)15(8,13)14/h2-3H,1H3,(H,10,11,12). The molecule has 0 bridgehead atoms. The van der Waals surface area contributed by atoms with Crippen molar-refractivity contribution in [3.63, 3.8) is 0 Å². The molecule has 0 fully saturated rings. The first-order valence-electron chi connectivity index (χ1n) is 3.69. The fourth-order valence-corrected chi connectivity index (χ4v) is 1.57. The molecule has 1 aromatic heterocycles. The normalized spacial score (nSPS) is 11.1. The highest BCUT2D eigenvalue weighted by Gasteiger charge is 2.14. The molecule has 0 aromatic carbocycles. The molecule has 0 saturated heterocycles. The van der Waals surface area contributed by atoms with Gasteiger partial charge in [-0.2, -0.15) is 4.39 Å². The summed E-state index contributed by atoms with van der Waals surface area (Å²) in [5, 5.41) is 1.57. The van der Waals surface area contributed by atoms with Crippen molar-refractivity contribution in [1.82, 2.24) is 4.98 Å². The molecule has 1 N–H and O–H groups in total. The fraction of sp³-hybridized carbons (Fsp3) is 0.143. The van der Waals surface area contributed by atoms with Crippen LogP contribution in [0, 0.1) is 5.95 Å². The van der Waals surface area contributed by atoms with E-state index in [0.717, 1.165) is 12.1 Å². The van der Waals surface area contributed by atoms with Crippen molar-refractivity contribution in [2.45, 2.75) is 11.9 Å². The predicted molar refractivity (Wildman–Crippen MR) is 51.5 cm³/mol. The number of carbonyl (C=O) groups is 1. The van der Waals surface area contributed by atoms with Gasteiger partial charge in [-0.25, -0.2) is 13.4 Å². The minimum absolute atomic E-state index is 0.0192. The molecule has 1 rings (SSSR count). The summed E-state index contributed by atoms with van der Waals surface area (Å²) in [6, 6.07) is 1.85. The molecule has 0 atom stereocenters. The first kappa shape index (κ1) is 11.9. The zero-order valence-electron chi connectivity index (χ0n) is 7.49. The van der Waals surface area contributed by atoms with Gasteiger partial charge in [0.15, 0.2) is 5.03 Å². The molecule has 0 radical (unpaired) electrons. The Bertz CT molecular complexity index is 503. The summed E-state index contributed by atoms with van der Waals surface area (Å²) < 4.78 is 34.5. The van der Waals surface area contributed by atoms with Crippen molar-refractivity contribution >= 4 is 31.3 Å². The number of nitrogens with zero attached hydrogens (tertiary/aromatic N) is 1. The second-order valence-corrected chi connectivity index (χ2v) is 5.15. The minimum atomic E-state index is -4.11. The third-order valence-electron chi connectivity index (χ3n) is 1.34. The van der Waals surface area contributed by atoms with Gasteiger partial charge >= 0.3 is 0 Å². The first-order chi connectivity index (χ1) is 6.79. The molecule has 82 valence electrons. The molecule has 0 spiro atoms. The molecular formula is C7H6ClFN2O3S. The average molecular weight is 253 g/mol. The zero-order valence-corrected chi connectivity index (χ0v) is 9.06. The largest absolute Gasteiger partial charge is 0.326 e. The van der Waals surface area contributed by atoms with Crippen molar-refractivity contribution in [3.05, 3.63) is 18.1 Å². The molecule has 1 aromatic rings. The summed E-state index contributed by atoms with van der Waals surface area (Å²) in [4.78, 5) is 13.7. The molecule has 0 aliphatic carbocycles. The van der Waals surface area contributed by atoms with Crippen LogP contribution in [0.15, 0.2) is 17.2 Å². The number of anilines is 1. The number of rotatable bonds is 2. The summed E-state index contributed by atoms with van der Waals surface area (Å²) >= 11 is 0. The van der Waals surface area contributed by atoms with E-state index in [0.29, 0.717) is 0 Å². The highest BCUT2D eigenvalue weighted by molar-refractivity contribution is 8.13. The molecule has 0 unspecified atom stereocenters. The van der Waals surface area contributed by atoms with E-state index >= 15 is 0 Å². The van der Waals surface area contributed by atoms with Crippen LogP contribution in [0.2, 0.25) is 0 Å². The molecule has 0 aliphatic rings. The van der Waals surface area contributed by atoms with Crippen LogP contribution in [0.25, 0.3) is 0 Å². The van der Waals surface area contributed by atoms with E-state index in [9.17, 15) is 17.6 Å². The maximum absolute atomic E-state index is 12.8. The third kappa shape index (κ3) is 3.45. The van der Waals surface area contributed by atoms with Gasteiger partial charge in [0.05, 0.1) is 0 Å². The second kappa shape index (κ2) is 4.11. The lowest BCUT2D eigenvalue weighted by molar-refractivity contribution is -0.114. The van der Waals surface area contributed by atoms with E-state index in [1.807, 2.05) is 0 Å². The van der Waals surface area contributed by atoms with Gasteiger partial charge < -0.3 is 5.32 Å². The topological polar surface area (TPSA) is 76.1 Å². The number of hydrogen-bond donors (Lipinski definition) is 1. The van der Waals surface area contributed by atoms with Crippen molar-refractivity contribution < 1.29 is 17.6 Å². The number of pyridine rings is 1. The van der Waals surface area contributed by atoms with Crippen LogP contribution in [0.3, 0.4) is 0 Å². The highest BCUT2D eigenvalue weighted by Crippen LogP contribution is 2.17. The Labute approximate surface area is 89.7 Å². The fourth-order valence-electron chi connectivity index (χ4n) is 0.873. The van der Waals surface area contributed by atoms with Crippen molar-refractivity contribution in [2.24, 2.45) is 0 Å². The maximum Gasteiger partial charge on any atom is 0.278 e. The van der Waals surface area contributed by atoms with Crippen molar-refractivity contribution in [1.29, 1.82) is 0 Å². The number of aromatic nitrogens is 1. The van der Waals surface area contributed by atoms with Gasteiger partial charge in [-0.1, -0.05) is 0 Å². The minimum Gasteiger partial charge on any atom is -0.326 e. The summed E-state index contributed by atoms with van der Waals surface area (Å²) in [6.07, 6.45) is 0. The number of hydrogen-bond acceptors (Lipinski definition) is 4. The molecule has 8 heteroatoms. The molecule has 0 saturated carbocycles. The quantitative estimate of drug-likeness (QED) is 0.632. The lowest BCUT2D eigenvalue weighted by Crippen LogP contribution is -2.08. The molecule has 5 nitrogen and oxygen atoms in total. The first-order valence-corrected chi connectivity index (χ1v) is 6.00. The molecule has 1 amide bonds. The Balaban J connectivity index is 3.23. The van der Waals surface area contributed by atoms with E-state index in [-0.39, 0.29) is 5.69 Å². The lowest BCUT2D eigenvalue weighted by Gasteiger charge is -2.03. The summed E-state index contributed by atoms with van der Waals surface area (Å²) in [5.74, 6) is -1.50. The maximum atomic E-state index is 12.8. The van der Waals surface area contributed by atoms with Crippen LogP contribution >= 0.6 is 10.7 Å². The van der Waals surface area contributed by atoms with Crippen molar-refractivity contribution in [3.8, 4) is 0 Å². The van der Waals surface area contributed by atoms with Gasteiger partial charge in [0.1, 0.15) is 0 Å². The average Bonchev–Trinajstić information content (AvgIpc) is 1.99. The summed E-state index contributed by atoms with van der Waals surface area (Å²) in [6.45, 7) is 1.20. The van der Waals surface area contributed by atoms with Crippen LogP contribution in [-0.4, -0.2) is 19.3 Å². The van der Waals surface area contributed by atoms with Gasteiger partial charge in [-0.15, -0.1) is 0 Å². The molecule has 15 heavy (non-hydrogen) atoms.